The molecule has 0 atom stereocenters. The third kappa shape index (κ3) is 4.09. The van der Waals surface area contributed by atoms with Crippen LogP contribution in [0.2, 0.25) is 0 Å². The zero-order chi connectivity index (χ0) is 18.6. The SMILES string of the molecule is Nc1cnc(-c2ccc(-c3cccnc3SC3CCOCC3)cc2F)cn1. The number of pyridine rings is 1. The molecule has 0 spiro atoms. The van der Waals surface area contributed by atoms with Gasteiger partial charge in [-0.25, -0.2) is 14.4 Å². The molecule has 138 valence electrons. The maximum absolute atomic E-state index is 14.8. The molecule has 2 N–H and O–H groups in total. The van der Waals surface area contributed by atoms with E-state index < -0.39 is 0 Å². The van der Waals surface area contributed by atoms with Crippen molar-refractivity contribution >= 4 is 17.6 Å². The minimum atomic E-state index is -0.350. The molecule has 7 heteroatoms. The quantitative estimate of drug-likeness (QED) is 0.729. The molecule has 0 radical (unpaired) electrons. The van der Waals surface area contributed by atoms with E-state index in [0.717, 1.165) is 42.2 Å². The maximum Gasteiger partial charge on any atom is 0.141 e. The Morgan fingerprint density at radius 1 is 1.04 bits per heavy atom. The first-order chi connectivity index (χ1) is 13.2. The molecule has 5 nitrogen and oxygen atoms in total. The second-order valence-electron chi connectivity index (χ2n) is 6.31. The van der Waals surface area contributed by atoms with Crippen LogP contribution in [0, 0.1) is 5.82 Å². The fraction of sp³-hybridized carbons (Fsp3) is 0.250. The summed E-state index contributed by atoms with van der Waals surface area (Å²) >= 11 is 1.74. The number of aromatic nitrogens is 3. The third-order valence-electron chi connectivity index (χ3n) is 4.45. The molecule has 4 rings (SSSR count). The molecule has 0 bridgehead atoms. The zero-order valence-electron chi connectivity index (χ0n) is 14.6. The summed E-state index contributed by atoms with van der Waals surface area (Å²) in [6, 6.07) is 8.99. The molecule has 0 aliphatic carbocycles. The zero-order valence-corrected chi connectivity index (χ0v) is 15.5. The van der Waals surface area contributed by atoms with Crippen molar-refractivity contribution in [2.24, 2.45) is 0 Å². The Bertz CT molecular complexity index is 930. The van der Waals surface area contributed by atoms with Crippen LogP contribution in [0.3, 0.4) is 0 Å². The van der Waals surface area contributed by atoms with Gasteiger partial charge in [-0.3, -0.25) is 4.98 Å². The Morgan fingerprint density at radius 2 is 1.89 bits per heavy atom. The molecule has 1 aliphatic heterocycles. The van der Waals surface area contributed by atoms with Crippen LogP contribution in [0.1, 0.15) is 12.8 Å². The lowest BCUT2D eigenvalue weighted by atomic mass is 10.0. The lowest BCUT2D eigenvalue weighted by molar-refractivity contribution is 0.1000. The summed E-state index contributed by atoms with van der Waals surface area (Å²) in [6.45, 7) is 1.57. The van der Waals surface area contributed by atoms with Crippen LogP contribution in [-0.4, -0.2) is 33.4 Å². The van der Waals surface area contributed by atoms with E-state index in [1.165, 1.54) is 18.5 Å². The van der Waals surface area contributed by atoms with E-state index in [9.17, 15) is 4.39 Å². The van der Waals surface area contributed by atoms with Crippen LogP contribution in [-0.2, 0) is 4.74 Å². The Hall–Kier alpha value is -2.51. The van der Waals surface area contributed by atoms with E-state index in [1.54, 1.807) is 24.0 Å². The van der Waals surface area contributed by atoms with Crippen molar-refractivity contribution in [2.75, 3.05) is 18.9 Å². The second kappa shape index (κ2) is 8.02. The number of nitrogens with two attached hydrogens (primary N) is 1. The number of ether oxygens (including phenoxy) is 1. The standard InChI is InChI=1S/C20H19FN4OS/c21-17-10-13(3-4-16(17)18-11-25-19(22)12-24-18)15-2-1-7-23-20(15)27-14-5-8-26-9-6-14/h1-4,7,10-12,14H,5-6,8-9H2,(H2,22,25). The highest BCUT2D eigenvalue weighted by Crippen LogP contribution is 2.36. The van der Waals surface area contributed by atoms with Gasteiger partial charge in [0.15, 0.2) is 0 Å². The monoisotopic (exact) mass is 382 g/mol. The van der Waals surface area contributed by atoms with E-state index in [1.807, 2.05) is 18.2 Å². The van der Waals surface area contributed by atoms with Gasteiger partial charge in [-0.15, -0.1) is 11.8 Å². The number of hydrogen-bond donors (Lipinski definition) is 1. The number of thioether (sulfide) groups is 1. The van der Waals surface area contributed by atoms with Crippen molar-refractivity contribution in [1.82, 2.24) is 15.0 Å². The number of rotatable bonds is 4. The first-order valence-corrected chi connectivity index (χ1v) is 9.66. The maximum atomic E-state index is 14.8. The number of anilines is 1. The van der Waals surface area contributed by atoms with Crippen molar-refractivity contribution in [3.05, 3.63) is 54.7 Å². The van der Waals surface area contributed by atoms with Crippen molar-refractivity contribution in [1.29, 1.82) is 0 Å². The molecule has 3 heterocycles. The number of nitrogen functional groups attached to an aromatic ring is 1. The molecule has 1 saturated heterocycles. The smallest absolute Gasteiger partial charge is 0.141 e. The molecule has 27 heavy (non-hydrogen) atoms. The van der Waals surface area contributed by atoms with Crippen LogP contribution in [0.15, 0.2) is 53.9 Å². The van der Waals surface area contributed by atoms with E-state index in [0.29, 0.717) is 22.3 Å². The molecule has 1 aromatic carbocycles. The number of benzene rings is 1. The summed E-state index contributed by atoms with van der Waals surface area (Å²) in [4.78, 5) is 12.7. The predicted molar refractivity (Wildman–Crippen MR) is 105 cm³/mol. The summed E-state index contributed by atoms with van der Waals surface area (Å²) in [5, 5.41) is 1.39. The molecule has 0 unspecified atom stereocenters. The van der Waals surface area contributed by atoms with Gasteiger partial charge < -0.3 is 10.5 Å². The fourth-order valence-electron chi connectivity index (χ4n) is 3.02. The van der Waals surface area contributed by atoms with E-state index >= 15 is 0 Å². The van der Waals surface area contributed by atoms with Crippen LogP contribution in [0.5, 0.6) is 0 Å². The first kappa shape index (κ1) is 17.9. The van der Waals surface area contributed by atoms with E-state index in [4.69, 9.17) is 10.5 Å². The summed E-state index contributed by atoms with van der Waals surface area (Å²) < 4.78 is 20.2. The molecule has 1 fully saturated rings. The van der Waals surface area contributed by atoms with Crippen LogP contribution in [0.4, 0.5) is 10.2 Å². The highest BCUT2D eigenvalue weighted by molar-refractivity contribution is 8.00. The average molecular weight is 382 g/mol. The third-order valence-corrected chi connectivity index (χ3v) is 5.80. The predicted octanol–water partition coefficient (Wildman–Crippen LogP) is 4.20. The summed E-state index contributed by atoms with van der Waals surface area (Å²) in [5.74, 6) is -0.0432. The second-order valence-corrected chi connectivity index (χ2v) is 7.60. The van der Waals surface area contributed by atoms with Crippen LogP contribution in [0.25, 0.3) is 22.4 Å². The summed E-state index contributed by atoms with van der Waals surface area (Å²) in [7, 11) is 0. The van der Waals surface area contributed by atoms with Gasteiger partial charge in [0.1, 0.15) is 16.7 Å². The Labute approximate surface area is 161 Å². The number of halogens is 1. The minimum Gasteiger partial charge on any atom is -0.382 e. The van der Waals surface area contributed by atoms with Gasteiger partial charge in [0.25, 0.3) is 0 Å². The largest absolute Gasteiger partial charge is 0.382 e. The molecular weight excluding hydrogens is 363 g/mol. The molecule has 3 aromatic rings. The summed E-state index contributed by atoms with van der Waals surface area (Å²) in [5.41, 5.74) is 8.13. The molecule has 0 saturated carbocycles. The topological polar surface area (TPSA) is 73.9 Å². The summed E-state index contributed by atoms with van der Waals surface area (Å²) in [6.07, 6.45) is 6.68. The normalized spacial score (nSPS) is 15.0. The van der Waals surface area contributed by atoms with Gasteiger partial charge >= 0.3 is 0 Å². The average Bonchev–Trinajstić information content (AvgIpc) is 2.70. The van der Waals surface area contributed by atoms with Gasteiger partial charge in [0, 0.05) is 35.8 Å². The van der Waals surface area contributed by atoms with Crippen molar-refractivity contribution in [2.45, 2.75) is 23.1 Å². The van der Waals surface area contributed by atoms with Gasteiger partial charge in [0.05, 0.1) is 18.1 Å². The van der Waals surface area contributed by atoms with Crippen LogP contribution < -0.4 is 5.73 Å². The Balaban J connectivity index is 1.64. The molecule has 1 aliphatic rings. The molecular formula is C20H19FN4OS. The fourth-order valence-corrected chi connectivity index (χ4v) is 4.20. The highest BCUT2D eigenvalue weighted by Gasteiger charge is 2.18. The number of nitrogens with zero attached hydrogens (tertiary/aromatic N) is 3. The minimum absolute atomic E-state index is 0.306. The number of hydrogen-bond acceptors (Lipinski definition) is 6. The lowest BCUT2D eigenvalue weighted by Gasteiger charge is -2.22. The van der Waals surface area contributed by atoms with Crippen molar-refractivity contribution in [3.63, 3.8) is 0 Å². The van der Waals surface area contributed by atoms with Gasteiger partial charge in [0.2, 0.25) is 0 Å². The lowest BCUT2D eigenvalue weighted by Crippen LogP contribution is -2.17. The van der Waals surface area contributed by atoms with Crippen LogP contribution >= 0.6 is 11.8 Å². The first-order valence-electron chi connectivity index (χ1n) is 8.78. The van der Waals surface area contributed by atoms with Gasteiger partial charge in [-0.05, 0) is 36.6 Å². The molecule has 2 aromatic heterocycles. The Kier molecular flexibility index (Phi) is 5.31. The van der Waals surface area contributed by atoms with Gasteiger partial charge in [-0.1, -0.05) is 12.1 Å². The highest BCUT2D eigenvalue weighted by atomic mass is 32.2. The van der Waals surface area contributed by atoms with E-state index in [2.05, 4.69) is 15.0 Å². The Morgan fingerprint density at radius 3 is 2.63 bits per heavy atom. The van der Waals surface area contributed by atoms with Crippen molar-refractivity contribution < 1.29 is 9.13 Å². The van der Waals surface area contributed by atoms with Gasteiger partial charge in [-0.2, -0.15) is 0 Å². The van der Waals surface area contributed by atoms with Crippen molar-refractivity contribution in [3.8, 4) is 22.4 Å². The van der Waals surface area contributed by atoms with E-state index in [-0.39, 0.29) is 5.82 Å². The molecule has 0 amide bonds.